The van der Waals surface area contributed by atoms with E-state index in [1.54, 1.807) is 16.9 Å². The van der Waals surface area contributed by atoms with E-state index >= 15 is 0 Å². The smallest absolute Gasteiger partial charge is 0.268 e. The second-order valence-electron chi connectivity index (χ2n) is 5.30. The molecule has 19 heavy (non-hydrogen) atoms. The van der Waals surface area contributed by atoms with Gasteiger partial charge in [0.1, 0.15) is 0 Å². The number of nitrogens with zero attached hydrogens (tertiary/aromatic N) is 3. The summed E-state index contributed by atoms with van der Waals surface area (Å²) >= 11 is 0. The first-order chi connectivity index (χ1) is 9.20. The molecule has 0 aromatic carbocycles. The second-order valence-corrected chi connectivity index (χ2v) is 5.30. The van der Waals surface area contributed by atoms with Gasteiger partial charge in [0.25, 0.3) is 5.56 Å². The third kappa shape index (κ3) is 3.80. The summed E-state index contributed by atoms with van der Waals surface area (Å²) < 4.78 is 1.58. The highest BCUT2D eigenvalue weighted by molar-refractivity contribution is 5.41. The van der Waals surface area contributed by atoms with E-state index in [0.717, 1.165) is 31.6 Å². The van der Waals surface area contributed by atoms with Gasteiger partial charge in [0.15, 0.2) is 0 Å². The topological polar surface area (TPSA) is 50.2 Å². The minimum atomic E-state index is -0.00664. The van der Waals surface area contributed by atoms with E-state index in [-0.39, 0.29) is 5.56 Å². The number of hydrogen-bond donors (Lipinski definition) is 1. The normalized spacial score (nSPS) is 19.4. The maximum Gasteiger partial charge on any atom is 0.268 e. The molecule has 5 nitrogen and oxygen atoms in total. The van der Waals surface area contributed by atoms with Gasteiger partial charge < -0.3 is 10.2 Å². The molecule has 1 saturated heterocycles. The predicted octanol–water partition coefficient (Wildman–Crippen LogP) is 1.23. The lowest BCUT2D eigenvalue weighted by Gasteiger charge is -2.24. The Morgan fingerprint density at radius 2 is 2.37 bits per heavy atom. The summed E-state index contributed by atoms with van der Waals surface area (Å²) in [6.45, 7) is 4.79. The minimum absolute atomic E-state index is 0.00664. The summed E-state index contributed by atoms with van der Waals surface area (Å²) in [4.78, 5) is 14.1. The molecule has 5 heteroatoms. The molecule has 0 amide bonds. The molecule has 1 atom stereocenters. The lowest BCUT2D eigenvalue weighted by molar-refractivity contribution is 0.345. The molecule has 0 aliphatic carbocycles. The van der Waals surface area contributed by atoms with Crippen molar-refractivity contribution in [1.29, 1.82) is 0 Å². The standard InChI is InChI=1S/C14H24N4O/c1-3-8-17(2)13-9-14(19)18(16-10-13)11-12-6-4-5-7-15-12/h9-10,12,15H,3-8,11H2,1-2H3. The third-order valence-corrected chi connectivity index (χ3v) is 3.66. The van der Waals surface area contributed by atoms with Crippen LogP contribution in [-0.2, 0) is 6.54 Å². The fraction of sp³-hybridized carbons (Fsp3) is 0.714. The van der Waals surface area contributed by atoms with E-state index in [1.165, 1.54) is 12.8 Å². The maximum atomic E-state index is 12.1. The van der Waals surface area contributed by atoms with E-state index in [2.05, 4.69) is 22.2 Å². The van der Waals surface area contributed by atoms with Crippen molar-refractivity contribution in [2.24, 2.45) is 0 Å². The van der Waals surface area contributed by atoms with Crippen LogP contribution in [0.15, 0.2) is 17.1 Å². The molecule has 0 saturated carbocycles. The van der Waals surface area contributed by atoms with Crippen molar-refractivity contribution in [2.75, 3.05) is 25.0 Å². The summed E-state index contributed by atoms with van der Waals surface area (Å²) in [6, 6.07) is 2.07. The first kappa shape index (κ1) is 14.1. The molecule has 0 bridgehead atoms. The van der Waals surface area contributed by atoms with Crippen LogP contribution in [0.4, 0.5) is 5.69 Å². The van der Waals surface area contributed by atoms with Crippen LogP contribution in [0.2, 0.25) is 0 Å². The summed E-state index contributed by atoms with van der Waals surface area (Å²) in [6.07, 6.45) is 6.46. The largest absolute Gasteiger partial charge is 0.373 e. The van der Waals surface area contributed by atoms with E-state index in [9.17, 15) is 4.79 Å². The van der Waals surface area contributed by atoms with Gasteiger partial charge in [0, 0.05) is 25.7 Å². The van der Waals surface area contributed by atoms with Crippen LogP contribution in [0.1, 0.15) is 32.6 Å². The Hall–Kier alpha value is -1.36. The highest BCUT2D eigenvalue weighted by Crippen LogP contribution is 2.10. The average Bonchev–Trinajstić information content (AvgIpc) is 2.42. The molecular formula is C14H24N4O. The number of nitrogens with one attached hydrogen (secondary N) is 1. The Labute approximate surface area is 114 Å². The van der Waals surface area contributed by atoms with Crippen molar-refractivity contribution in [3.63, 3.8) is 0 Å². The molecule has 2 heterocycles. The van der Waals surface area contributed by atoms with Gasteiger partial charge in [0.2, 0.25) is 0 Å². The lowest BCUT2D eigenvalue weighted by atomic mass is 10.1. The monoisotopic (exact) mass is 264 g/mol. The molecule has 106 valence electrons. The molecule has 0 radical (unpaired) electrons. The quantitative estimate of drug-likeness (QED) is 0.869. The van der Waals surface area contributed by atoms with Crippen molar-refractivity contribution >= 4 is 5.69 Å². The first-order valence-corrected chi connectivity index (χ1v) is 7.22. The van der Waals surface area contributed by atoms with Crippen LogP contribution in [0.3, 0.4) is 0 Å². The Kier molecular flexibility index (Phi) is 4.96. The molecule has 2 rings (SSSR count). The highest BCUT2D eigenvalue weighted by Gasteiger charge is 2.14. The number of hydrogen-bond acceptors (Lipinski definition) is 4. The first-order valence-electron chi connectivity index (χ1n) is 7.22. The maximum absolute atomic E-state index is 12.1. The van der Waals surface area contributed by atoms with Crippen molar-refractivity contribution in [3.05, 3.63) is 22.6 Å². The Bertz CT molecular complexity index is 451. The van der Waals surface area contributed by atoms with E-state index in [1.807, 2.05) is 7.05 Å². The molecule has 1 unspecified atom stereocenters. The minimum Gasteiger partial charge on any atom is -0.373 e. The highest BCUT2D eigenvalue weighted by atomic mass is 16.1. The number of anilines is 1. The van der Waals surface area contributed by atoms with Crippen LogP contribution < -0.4 is 15.8 Å². The molecule has 1 fully saturated rings. The molecule has 1 N–H and O–H groups in total. The van der Waals surface area contributed by atoms with Gasteiger partial charge in [-0.25, -0.2) is 4.68 Å². The van der Waals surface area contributed by atoms with Gasteiger partial charge >= 0.3 is 0 Å². The molecule has 1 aromatic rings. The SMILES string of the molecule is CCCN(C)c1cnn(CC2CCCCN2)c(=O)c1. The Morgan fingerprint density at radius 1 is 1.53 bits per heavy atom. The summed E-state index contributed by atoms with van der Waals surface area (Å²) in [7, 11) is 1.99. The van der Waals surface area contributed by atoms with Gasteiger partial charge in [-0.2, -0.15) is 5.10 Å². The van der Waals surface area contributed by atoms with Crippen LogP contribution in [0.5, 0.6) is 0 Å². The fourth-order valence-corrected chi connectivity index (χ4v) is 2.52. The van der Waals surface area contributed by atoms with Gasteiger partial charge in [-0.05, 0) is 25.8 Å². The zero-order chi connectivity index (χ0) is 13.7. The number of rotatable bonds is 5. The molecular weight excluding hydrogens is 240 g/mol. The fourth-order valence-electron chi connectivity index (χ4n) is 2.52. The van der Waals surface area contributed by atoms with Crippen molar-refractivity contribution in [3.8, 4) is 0 Å². The Morgan fingerprint density at radius 3 is 3.00 bits per heavy atom. The van der Waals surface area contributed by atoms with Crippen molar-refractivity contribution < 1.29 is 0 Å². The zero-order valence-electron chi connectivity index (χ0n) is 11.9. The molecule has 1 aliphatic rings. The van der Waals surface area contributed by atoms with Gasteiger partial charge in [-0.1, -0.05) is 13.3 Å². The van der Waals surface area contributed by atoms with E-state index in [0.29, 0.717) is 12.6 Å². The Balaban J connectivity index is 2.04. The third-order valence-electron chi connectivity index (χ3n) is 3.66. The van der Waals surface area contributed by atoms with E-state index < -0.39 is 0 Å². The zero-order valence-corrected chi connectivity index (χ0v) is 11.9. The summed E-state index contributed by atoms with van der Waals surface area (Å²) in [5, 5.41) is 7.74. The predicted molar refractivity (Wildman–Crippen MR) is 77.7 cm³/mol. The molecule has 0 spiro atoms. The van der Waals surface area contributed by atoms with Crippen LogP contribution in [-0.4, -0.2) is 36.0 Å². The van der Waals surface area contributed by atoms with Gasteiger partial charge in [-0.15, -0.1) is 0 Å². The van der Waals surface area contributed by atoms with Gasteiger partial charge in [-0.3, -0.25) is 4.79 Å². The number of piperidine rings is 1. The average molecular weight is 264 g/mol. The molecule has 1 aromatic heterocycles. The second kappa shape index (κ2) is 6.70. The van der Waals surface area contributed by atoms with Crippen molar-refractivity contribution in [2.45, 2.75) is 45.2 Å². The van der Waals surface area contributed by atoms with Crippen molar-refractivity contribution in [1.82, 2.24) is 15.1 Å². The lowest BCUT2D eigenvalue weighted by Crippen LogP contribution is -2.40. The van der Waals surface area contributed by atoms with Crippen LogP contribution in [0, 0.1) is 0 Å². The van der Waals surface area contributed by atoms with Gasteiger partial charge in [0.05, 0.1) is 18.4 Å². The summed E-state index contributed by atoms with van der Waals surface area (Å²) in [5.41, 5.74) is 0.896. The van der Waals surface area contributed by atoms with Crippen LogP contribution >= 0.6 is 0 Å². The number of aromatic nitrogens is 2. The molecule has 1 aliphatic heterocycles. The van der Waals surface area contributed by atoms with Crippen LogP contribution in [0.25, 0.3) is 0 Å². The summed E-state index contributed by atoms with van der Waals surface area (Å²) in [5.74, 6) is 0. The van der Waals surface area contributed by atoms with E-state index in [4.69, 9.17) is 0 Å².